The standard InChI is InChI=1S/C7H13FO2/c1-2-3-4-5-6(8)7(9)10/h6H,2-5H2,1H3,(H,9,10)/t6-/m0/s1. The minimum atomic E-state index is -1.66. The second-order valence-corrected chi connectivity index (χ2v) is 2.30. The van der Waals surface area contributed by atoms with Gasteiger partial charge in [0.2, 0.25) is 0 Å². The Labute approximate surface area is 60.1 Å². The monoisotopic (exact) mass is 148 g/mol. The van der Waals surface area contributed by atoms with Crippen LogP contribution in [0.5, 0.6) is 0 Å². The van der Waals surface area contributed by atoms with Crippen LogP contribution in [-0.4, -0.2) is 17.2 Å². The minimum absolute atomic E-state index is 0.156. The second kappa shape index (κ2) is 5.21. The summed E-state index contributed by atoms with van der Waals surface area (Å²) in [5, 5.41) is 8.11. The zero-order valence-electron chi connectivity index (χ0n) is 6.14. The van der Waals surface area contributed by atoms with Gasteiger partial charge in [0.25, 0.3) is 0 Å². The lowest BCUT2D eigenvalue weighted by Gasteiger charge is -1.99. The number of carbonyl (C=O) groups is 1. The summed E-state index contributed by atoms with van der Waals surface area (Å²) in [6, 6.07) is 0. The molecular weight excluding hydrogens is 135 g/mol. The largest absolute Gasteiger partial charge is 0.479 e. The minimum Gasteiger partial charge on any atom is -0.479 e. The smallest absolute Gasteiger partial charge is 0.338 e. The first kappa shape index (κ1) is 9.40. The topological polar surface area (TPSA) is 37.3 Å². The molecule has 10 heavy (non-hydrogen) atoms. The van der Waals surface area contributed by atoms with Crippen molar-refractivity contribution in [2.24, 2.45) is 0 Å². The normalized spacial score (nSPS) is 13.0. The molecule has 1 atom stereocenters. The van der Waals surface area contributed by atoms with Crippen LogP contribution in [0.1, 0.15) is 32.6 Å². The SMILES string of the molecule is CCCCC[C@H](F)C(=O)O. The number of carboxylic acid groups (broad SMARTS) is 1. The molecule has 0 aromatic heterocycles. The number of rotatable bonds is 5. The summed E-state index contributed by atoms with van der Waals surface area (Å²) < 4.78 is 12.2. The molecule has 0 aliphatic carbocycles. The van der Waals surface area contributed by atoms with Crippen LogP contribution in [0.2, 0.25) is 0 Å². The van der Waals surface area contributed by atoms with E-state index >= 15 is 0 Å². The molecule has 0 saturated carbocycles. The van der Waals surface area contributed by atoms with Gasteiger partial charge in [0, 0.05) is 0 Å². The Kier molecular flexibility index (Phi) is 4.89. The molecule has 60 valence electrons. The lowest BCUT2D eigenvalue weighted by atomic mass is 10.1. The van der Waals surface area contributed by atoms with Crippen LogP contribution in [-0.2, 0) is 4.79 Å². The zero-order valence-corrected chi connectivity index (χ0v) is 6.14. The molecule has 0 aliphatic rings. The van der Waals surface area contributed by atoms with Crippen LogP contribution >= 0.6 is 0 Å². The molecule has 0 unspecified atom stereocenters. The molecule has 0 saturated heterocycles. The summed E-state index contributed by atoms with van der Waals surface area (Å²) in [6.45, 7) is 1.99. The summed E-state index contributed by atoms with van der Waals surface area (Å²) in [6.07, 6.45) is 1.07. The summed E-state index contributed by atoms with van der Waals surface area (Å²) in [7, 11) is 0. The Bertz CT molecular complexity index is 104. The highest BCUT2D eigenvalue weighted by Gasteiger charge is 2.13. The molecule has 0 amide bonds. The highest BCUT2D eigenvalue weighted by molar-refractivity contribution is 5.71. The maximum atomic E-state index is 12.2. The first-order valence-corrected chi connectivity index (χ1v) is 3.55. The maximum absolute atomic E-state index is 12.2. The van der Waals surface area contributed by atoms with Crippen molar-refractivity contribution in [1.82, 2.24) is 0 Å². The fourth-order valence-corrected chi connectivity index (χ4v) is 0.697. The third kappa shape index (κ3) is 4.30. The molecule has 0 bridgehead atoms. The van der Waals surface area contributed by atoms with Crippen molar-refractivity contribution in [2.45, 2.75) is 38.8 Å². The average Bonchev–Trinajstić information content (AvgIpc) is 1.88. The van der Waals surface area contributed by atoms with E-state index < -0.39 is 12.1 Å². The maximum Gasteiger partial charge on any atom is 0.338 e. The molecular formula is C7H13FO2. The van der Waals surface area contributed by atoms with E-state index in [0.717, 1.165) is 12.8 Å². The fourth-order valence-electron chi connectivity index (χ4n) is 0.697. The van der Waals surface area contributed by atoms with E-state index in [9.17, 15) is 9.18 Å². The Morgan fingerprint density at radius 1 is 1.60 bits per heavy atom. The molecule has 0 fully saturated rings. The number of halogens is 1. The molecule has 1 N–H and O–H groups in total. The summed E-state index contributed by atoms with van der Waals surface area (Å²) in [5.41, 5.74) is 0. The van der Waals surface area contributed by atoms with Crippen molar-refractivity contribution >= 4 is 5.97 Å². The molecule has 2 nitrogen and oxygen atoms in total. The third-order valence-electron chi connectivity index (χ3n) is 1.33. The molecule has 0 aromatic rings. The van der Waals surface area contributed by atoms with Gasteiger partial charge in [-0.1, -0.05) is 19.8 Å². The Hall–Kier alpha value is -0.600. The number of hydrogen-bond donors (Lipinski definition) is 1. The van der Waals surface area contributed by atoms with Crippen molar-refractivity contribution < 1.29 is 14.3 Å². The van der Waals surface area contributed by atoms with Crippen molar-refractivity contribution in [3.05, 3.63) is 0 Å². The quantitative estimate of drug-likeness (QED) is 0.605. The van der Waals surface area contributed by atoms with Gasteiger partial charge in [-0.3, -0.25) is 0 Å². The summed E-state index contributed by atoms with van der Waals surface area (Å²) in [4.78, 5) is 9.92. The molecule has 0 aliphatic heterocycles. The lowest BCUT2D eigenvalue weighted by Crippen LogP contribution is -2.13. The van der Waals surface area contributed by atoms with E-state index in [4.69, 9.17) is 5.11 Å². The van der Waals surface area contributed by atoms with Crippen molar-refractivity contribution in [2.75, 3.05) is 0 Å². The molecule has 0 heterocycles. The van der Waals surface area contributed by atoms with Gasteiger partial charge in [0.1, 0.15) is 0 Å². The van der Waals surface area contributed by atoms with E-state index in [-0.39, 0.29) is 6.42 Å². The van der Waals surface area contributed by atoms with Crippen molar-refractivity contribution in [3.63, 3.8) is 0 Å². The van der Waals surface area contributed by atoms with Gasteiger partial charge in [-0.05, 0) is 12.8 Å². The number of aliphatic carboxylic acids is 1. The first-order chi connectivity index (χ1) is 4.68. The van der Waals surface area contributed by atoms with E-state index in [0.29, 0.717) is 6.42 Å². The zero-order chi connectivity index (χ0) is 7.98. The number of alkyl halides is 1. The van der Waals surface area contributed by atoms with Gasteiger partial charge in [0.15, 0.2) is 6.17 Å². The Morgan fingerprint density at radius 2 is 2.20 bits per heavy atom. The van der Waals surface area contributed by atoms with Crippen LogP contribution in [0.3, 0.4) is 0 Å². The van der Waals surface area contributed by atoms with Gasteiger partial charge in [0.05, 0.1) is 0 Å². The predicted octanol–water partition coefficient (Wildman–Crippen LogP) is 1.99. The highest BCUT2D eigenvalue weighted by Crippen LogP contribution is 2.05. The van der Waals surface area contributed by atoms with E-state index in [1.165, 1.54) is 0 Å². The second-order valence-electron chi connectivity index (χ2n) is 2.30. The molecule has 0 radical (unpaired) electrons. The molecule has 0 rings (SSSR count). The van der Waals surface area contributed by atoms with E-state index in [2.05, 4.69) is 0 Å². The predicted molar refractivity (Wildman–Crippen MR) is 36.7 cm³/mol. The highest BCUT2D eigenvalue weighted by atomic mass is 19.1. The number of hydrogen-bond acceptors (Lipinski definition) is 1. The summed E-state index contributed by atoms with van der Waals surface area (Å²) >= 11 is 0. The van der Waals surface area contributed by atoms with E-state index in [1.54, 1.807) is 0 Å². The molecule has 3 heteroatoms. The van der Waals surface area contributed by atoms with Crippen LogP contribution in [0, 0.1) is 0 Å². The third-order valence-corrected chi connectivity index (χ3v) is 1.33. The van der Waals surface area contributed by atoms with Crippen LogP contribution in [0.4, 0.5) is 4.39 Å². The molecule has 0 spiro atoms. The van der Waals surface area contributed by atoms with Gasteiger partial charge >= 0.3 is 5.97 Å². The lowest BCUT2D eigenvalue weighted by molar-refractivity contribution is -0.143. The van der Waals surface area contributed by atoms with Crippen LogP contribution < -0.4 is 0 Å². The van der Waals surface area contributed by atoms with Crippen molar-refractivity contribution in [1.29, 1.82) is 0 Å². The fraction of sp³-hybridized carbons (Fsp3) is 0.857. The van der Waals surface area contributed by atoms with Crippen LogP contribution in [0.25, 0.3) is 0 Å². The van der Waals surface area contributed by atoms with Crippen LogP contribution in [0.15, 0.2) is 0 Å². The van der Waals surface area contributed by atoms with E-state index in [1.807, 2.05) is 6.92 Å². The van der Waals surface area contributed by atoms with Gasteiger partial charge in [-0.25, -0.2) is 9.18 Å². The van der Waals surface area contributed by atoms with Gasteiger partial charge < -0.3 is 5.11 Å². The Morgan fingerprint density at radius 3 is 2.60 bits per heavy atom. The van der Waals surface area contributed by atoms with Gasteiger partial charge in [-0.2, -0.15) is 0 Å². The average molecular weight is 148 g/mol. The number of carboxylic acids is 1. The van der Waals surface area contributed by atoms with Gasteiger partial charge in [-0.15, -0.1) is 0 Å². The number of unbranched alkanes of at least 4 members (excludes halogenated alkanes) is 2. The Balaban J connectivity index is 3.21. The summed E-state index contributed by atoms with van der Waals surface area (Å²) in [5.74, 6) is -1.34. The molecule has 0 aromatic carbocycles. The van der Waals surface area contributed by atoms with Crippen molar-refractivity contribution in [3.8, 4) is 0 Å². The first-order valence-electron chi connectivity index (χ1n) is 3.55.